The SMILES string of the molecule is CCOC(=O)c1csc(-n2cc(Br)c(-c3ccccc3)n2)n1. The lowest BCUT2D eigenvalue weighted by atomic mass is 10.2. The van der Waals surface area contributed by atoms with Crippen LogP contribution >= 0.6 is 27.3 Å². The number of aromatic nitrogens is 3. The molecule has 0 saturated carbocycles. The van der Waals surface area contributed by atoms with Gasteiger partial charge in [0.2, 0.25) is 5.13 Å². The van der Waals surface area contributed by atoms with Crippen LogP contribution in [-0.4, -0.2) is 27.3 Å². The van der Waals surface area contributed by atoms with Gasteiger partial charge in [0.05, 0.1) is 11.1 Å². The molecule has 0 aliphatic carbocycles. The fourth-order valence-electron chi connectivity index (χ4n) is 1.91. The molecule has 7 heteroatoms. The average Bonchev–Trinajstić information content (AvgIpc) is 3.15. The molecule has 0 unspecified atom stereocenters. The summed E-state index contributed by atoms with van der Waals surface area (Å²) in [6.45, 7) is 2.10. The lowest BCUT2D eigenvalue weighted by molar-refractivity contribution is 0.0520. The Labute approximate surface area is 139 Å². The maximum atomic E-state index is 11.7. The van der Waals surface area contributed by atoms with Crippen molar-refractivity contribution >= 4 is 33.2 Å². The third kappa shape index (κ3) is 2.95. The number of carbonyl (C=O) groups is 1. The quantitative estimate of drug-likeness (QED) is 0.646. The summed E-state index contributed by atoms with van der Waals surface area (Å²) in [4.78, 5) is 15.9. The second-order valence-electron chi connectivity index (χ2n) is 4.37. The Balaban J connectivity index is 1.92. The van der Waals surface area contributed by atoms with Crippen molar-refractivity contribution in [3.8, 4) is 16.4 Å². The van der Waals surface area contributed by atoms with E-state index in [1.807, 2.05) is 36.5 Å². The Hall–Kier alpha value is -1.99. The molecule has 0 N–H and O–H groups in total. The van der Waals surface area contributed by atoms with Gasteiger partial charge in [0.15, 0.2) is 5.69 Å². The van der Waals surface area contributed by atoms with Crippen molar-refractivity contribution < 1.29 is 9.53 Å². The molecular formula is C15H12BrN3O2S. The first-order valence-electron chi connectivity index (χ1n) is 6.62. The number of hydrogen-bond donors (Lipinski definition) is 0. The molecule has 0 radical (unpaired) electrons. The van der Waals surface area contributed by atoms with E-state index >= 15 is 0 Å². The van der Waals surface area contributed by atoms with Gasteiger partial charge < -0.3 is 4.74 Å². The summed E-state index contributed by atoms with van der Waals surface area (Å²) in [5, 5.41) is 6.82. The lowest BCUT2D eigenvalue weighted by Crippen LogP contribution is -2.05. The molecule has 2 aromatic heterocycles. The van der Waals surface area contributed by atoms with Crippen molar-refractivity contribution in [2.24, 2.45) is 0 Å². The number of halogens is 1. The minimum atomic E-state index is -0.417. The summed E-state index contributed by atoms with van der Waals surface area (Å²) in [7, 11) is 0. The molecule has 3 aromatic rings. The van der Waals surface area contributed by atoms with Crippen LogP contribution in [0.1, 0.15) is 17.4 Å². The third-order valence-electron chi connectivity index (χ3n) is 2.89. The number of ether oxygens (including phenoxy) is 1. The fourth-order valence-corrected chi connectivity index (χ4v) is 3.13. The number of hydrogen-bond acceptors (Lipinski definition) is 5. The zero-order valence-corrected chi connectivity index (χ0v) is 14.1. The maximum Gasteiger partial charge on any atom is 0.357 e. The predicted molar refractivity (Wildman–Crippen MR) is 88.3 cm³/mol. The van der Waals surface area contributed by atoms with Crippen molar-refractivity contribution in [1.82, 2.24) is 14.8 Å². The van der Waals surface area contributed by atoms with Crippen molar-refractivity contribution in [3.05, 3.63) is 52.1 Å². The lowest BCUT2D eigenvalue weighted by Gasteiger charge is -1.97. The summed E-state index contributed by atoms with van der Waals surface area (Å²) < 4.78 is 7.46. The van der Waals surface area contributed by atoms with Gasteiger partial charge in [0, 0.05) is 17.1 Å². The fraction of sp³-hybridized carbons (Fsp3) is 0.133. The molecule has 0 amide bonds. The van der Waals surface area contributed by atoms with E-state index in [9.17, 15) is 4.79 Å². The van der Waals surface area contributed by atoms with Gasteiger partial charge in [-0.05, 0) is 22.9 Å². The van der Waals surface area contributed by atoms with Gasteiger partial charge in [-0.3, -0.25) is 0 Å². The Morgan fingerprint density at radius 3 is 2.86 bits per heavy atom. The molecule has 0 bridgehead atoms. The van der Waals surface area contributed by atoms with Crippen LogP contribution in [0.3, 0.4) is 0 Å². The first-order valence-corrected chi connectivity index (χ1v) is 8.30. The number of carbonyl (C=O) groups excluding carboxylic acids is 1. The molecule has 2 heterocycles. The Kier molecular flexibility index (Phi) is 4.35. The Morgan fingerprint density at radius 1 is 1.36 bits per heavy atom. The zero-order chi connectivity index (χ0) is 15.5. The van der Waals surface area contributed by atoms with E-state index in [1.54, 1.807) is 17.0 Å². The topological polar surface area (TPSA) is 57.0 Å². The summed E-state index contributed by atoms with van der Waals surface area (Å²) >= 11 is 4.86. The minimum Gasteiger partial charge on any atom is -0.461 e. The number of thiazole rings is 1. The second-order valence-corrected chi connectivity index (χ2v) is 6.06. The highest BCUT2D eigenvalue weighted by molar-refractivity contribution is 9.10. The normalized spacial score (nSPS) is 10.6. The van der Waals surface area contributed by atoms with E-state index in [0.717, 1.165) is 15.7 Å². The standard InChI is InChI=1S/C15H12BrN3O2S/c1-2-21-14(20)12-9-22-15(17-12)19-8-11(16)13(18-19)10-6-4-3-5-7-10/h3-9H,2H2,1H3. The van der Waals surface area contributed by atoms with E-state index in [2.05, 4.69) is 26.0 Å². The molecule has 112 valence electrons. The Bertz CT molecular complexity index is 798. The van der Waals surface area contributed by atoms with Crippen LogP contribution in [-0.2, 0) is 4.74 Å². The van der Waals surface area contributed by atoms with E-state index < -0.39 is 5.97 Å². The highest BCUT2D eigenvalue weighted by atomic mass is 79.9. The van der Waals surface area contributed by atoms with Crippen molar-refractivity contribution in [2.45, 2.75) is 6.92 Å². The Morgan fingerprint density at radius 2 is 2.14 bits per heavy atom. The highest BCUT2D eigenvalue weighted by Gasteiger charge is 2.15. The molecule has 0 aliphatic heterocycles. The largest absolute Gasteiger partial charge is 0.461 e. The van der Waals surface area contributed by atoms with Crippen LogP contribution in [0.4, 0.5) is 0 Å². The molecule has 22 heavy (non-hydrogen) atoms. The zero-order valence-electron chi connectivity index (χ0n) is 11.7. The van der Waals surface area contributed by atoms with Gasteiger partial charge in [-0.15, -0.1) is 11.3 Å². The van der Waals surface area contributed by atoms with E-state index in [-0.39, 0.29) is 0 Å². The number of nitrogens with zero attached hydrogens (tertiary/aromatic N) is 3. The van der Waals surface area contributed by atoms with Gasteiger partial charge in [-0.1, -0.05) is 30.3 Å². The van der Waals surface area contributed by atoms with Crippen molar-refractivity contribution in [3.63, 3.8) is 0 Å². The predicted octanol–water partition coefficient (Wildman–Crippen LogP) is 3.94. The summed E-state index contributed by atoms with van der Waals surface area (Å²) in [5.41, 5.74) is 2.14. The third-order valence-corrected chi connectivity index (χ3v) is 4.30. The maximum absolute atomic E-state index is 11.7. The van der Waals surface area contributed by atoms with Crippen LogP contribution in [0, 0.1) is 0 Å². The van der Waals surface area contributed by atoms with E-state index in [4.69, 9.17) is 4.74 Å². The van der Waals surface area contributed by atoms with Gasteiger partial charge in [0.25, 0.3) is 0 Å². The van der Waals surface area contributed by atoms with Crippen LogP contribution < -0.4 is 0 Å². The molecule has 0 saturated heterocycles. The van der Waals surface area contributed by atoms with Crippen molar-refractivity contribution in [2.75, 3.05) is 6.61 Å². The number of esters is 1. The number of rotatable bonds is 4. The monoisotopic (exact) mass is 377 g/mol. The van der Waals surface area contributed by atoms with Gasteiger partial charge in [0.1, 0.15) is 5.69 Å². The minimum absolute atomic E-state index is 0.301. The second kappa shape index (κ2) is 6.41. The molecule has 1 aromatic carbocycles. The van der Waals surface area contributed by atoms with E-state index in [0.29, 0.717) is 17.4 Å². The van der Waals surface area contributed by atoms with Crippen LogP contribution in [0.2, 0.25) is 0 Å². The molecule has 0 spiro atoms. The molecule has 3 rings (SSSR count). The molecule has 0 aliphatic rings. The van der Waals surface area contributed by atoms with Crippen LogP contribution in [0.15, 0.2) is 46.4 Å². The average molecular weight is 378 g/mol. The van der Waals surface area contributed by atoms with Gasteiger partial charge >= 0.3 is 5.97 Å². The van der Waals surface area contributed by atoms with Gasteiger partial charge in [-0.25, -0.2) is 14.5 Å². The molecule has 5 nitrogen and oxygen atoms in total. The molecule has 0 fully saturated rings. The highest BCUT2D eigenvalue weighted by Crippen LogP contribution is 2.28. The van der Waals surface area contributed by atoms with Crippen LogP contribution in [0.25, 0.3) is 16.4 Å². The van der Waals surface area contributed by atoms with Crippen molar-refractivity contribution in [1.29, 1.82) is 0 Å². The van der Waals surface area contributed by atoms with E-state index in [1.165, 1.54) is 11.3 Å². The van der Waals surface area contributed by atoms with Gasteiger partial charge in [-0.2, -0.15) is 5.10 Å². The first kappa shape index (κ1) is 14.9. The van der Waals surface area contributed by atoms with Crippen LogP contribution in [0.5, 0.6) is 0 Å². The summed E-state index contributed by atoms with van der Waals surface area (Å²) in [6.07, 6.45) is 1.83. The first-order chi connectivity index (χ1) is 10.7. The summed E-state index contributed by atoms with van der Waals surface area (Å²) in [5.74, 6) is -0.417. The number of benzene rings is 1. The molecular weight excluding hydrogens is 366 g/mol. The summed E-state index contributed by atoms with van der Waals surface area (Å²) in [6, 6.07) is 9.86. The smallest absolute Gasteiger partial charge is 0.357 e. The molecule has 0 atom stereocenters.